The fourth-order valence-electron chi connectivity index (χ4n) is 1.92. The first-order chi connectivity index (χ1) is 10.6. The summed E-state index contributed by atoms with van der Waals surface area (Å²) >= 11 is 1.54. The zero-order valence-electron chi connectivity index (χ0n) is 12.9. The molecule has 2 rings (SSSR count). The molecule has 1 heterocycles. The Morgan fingerprint density at radius 1 is 1.41 bits per heavy atom. The Morgan fingerprint density at radius 3 is 2.77 bits per heavy atom. The first-order valence-corrected chi connectivity index (χ1v) is 7.95. The number of aromatic nitrogens is 1. The van der Waals surface area contributed by atoms with E-state index in [-0.39, 0.29) is 5.91 Å². The molecule has 5 heteroatoms. The summed E-state index contributed by atoms with van der Waals surface area (Å²) in [4.78, 5) is 17.7. The number of benzene rings is 1. The summed E-state index contributed by atoms with van der Waals surface area (Å²) in [7, 11) is 0. The number of aryl methyl sites for hydroxylation is 1. The van der Waals surface area contributed by atoms with Crippen LogP contribution in [0.4, 0.5) is 0 Å². The van der Waals surface area contributed by atoms with Crippen molar-refractivity contribution in [3.8, 4) is 5.75 Å². The van der Waals surface area contributed by atoms with Gasteiger partial charge in [0.1, 0.15) is 17.4 Å². The second-order valence-corrected chi connectivity index (χ2v) is 5.97. The molecule has 0 saturated heterocycles. The topological polar surface area (TPSA) is 42.4 Å². The molecule has 0 radical (unpaired) electrons. The Morgan fingerprint density at radius 2 is 2.14 bits per heavy atom. The van der Waals surface area contributed by atoms with E-state index in [0.717, 1.165) is 16.5 Å². The van der Waals surface area contributed by atoms with Gasteiger partial charge in [-0.25, -0.2) is 4.98 Å². The SMILES string of the molecule is C=CCN(Cc1csc(COc2ccc(C)cc2)n1)C(C)=O. The summed E-state index contributed by atoms with van der Waals surface area (Å²) in [5.41, 5.74) is 2.08. The van der Waals surface area contributed by atoms with Crippen molar-refractivity contribution in [2.75, 3.05) is 6.54 Å². The van der Waals surface area contributed by atoms with Gasteiger partial charge in [0.25, 0.3) is 0 Å². The maximum atomic E-state index is 11.5. The van der Waals surface area contributed by atoms with Crippen LogP contribution in [0.25, 0.3) is 0 Å². The first-order valence-electron chi connectivity index (χ1n) is 7.07. The van der Waals surface area contributed by atoms with Gasteiger partial charge in [-0.1, -0.05) is 23.8 Å². The molecule has 4 nitrogen and oxygen atoms in total. The van der Waals surface area contributed by atoms with E-state index < -0.39 is 0 Å². The number of rotatable bonds is 7. The number of nitrogens with zero attached hydrogens (tertiary/aromatic N) is 2. The second kappa shape index (κ2) is 7.75. The van der Waals surface area contributed by atoms with Gasteiger partial charge in [0.05, 0.1) is 12.2 Å². The molecule has 2 aromatic rings. The highest BCUT2D eigenvalue weighted by Gasteiger charge is 2.10. The molecule has 22 heavy (non-hydrogen) atoms. The molecule has 0 aliphatic rings. The molecule has 0 saturated carbocycles. The number of thiazole rings is 1. The lowest BCUT2D eigenvalue weighted by molar-refractivity contribution is -0.128. The highest BCUT2D eigenvalue weighted by atomic mass is 32.1. The van der Waals surface area contributed by atoms with E-state index >= 15 is 0 Å². The zero-order valence-corrected chi connectivity index (χ0v) is 13.7. The highest BCUT2D eigenvalue weighted by Crippen LogP contribution is 2.17. The lowest BCUT2D eigenvalue weighted by Crippen LogP contribution is -2.28. The number of hydrogen-bond donors (Lipinski definition) is 0. The number of ether oxygens (including phenoxy) is 1. The van der Waals surface area contributed by atoms with Gasteiger partial charge < -0.3 is 9.64 Å². The van der Waals surface area contributed by atoms with Gasteiger partial charge in [-0.15, -0.1) is 17.9 Å². The lowest BCUT2D eigenvalue weighted by Gasteiger charge is -2.17. The molecule has 1 amide bonds. The summed E-state index contributed by atoms with van der Waals surface area (Å²) in [6, 6.07) is 7.93. The molecular formula is C17H20N2O2S. The van der Waals surface area contributed by atoms with Crippen LogP contribution in [0.1, 0.15) is 23.2 Å². The molecule has 1 aromatic carbocycles. The van der Waals surface area contributed by atoms with Crippen LogP contribution in [0, 0.1) is 6.92 Å². The third kappa shape index (κ3) is 4.70. The third-order valence-corrected chi connectivity index (χ3v) is 4.00. The van der Waals surface area contributed by atoms with E-state index in [4.69, 9.17) is 4.74 Å². The first kappa shape index (κ1) is 16.2. The van der Waals surface area contributed by atoms with Crippen molar-refractivity contribution >= 4 is 17.2 Å². The Balaban J connectivity index is 1.91. The third-order valence-electron chi connectivity index (χ3n) is 3.13. The van der Waals surface area contributed by atoms with Crippen LogP contribution in [-0.4, -0.2) is 22.3 Å². The molecule has 0 unspecified atom stereocenters. The van der Waals surface area contributed by atoms with Crippen LogP contribution in [0.5, 0.6) is 5.75 Å². The zero-order chi connectivity index (χ0) is 15.9. The summed E-state index contributed by atoms with van der Waals surface area (Å²) in [5, 5.41) is 2.87. The Kier molecular flexibility index (Phi) is 5.72. The molecule has 1 aromatic heterocycles. The van der Waals surface area contributed by atoms with Crippen LogP contribution < -0.4 is 4.74 Å². The van der Waals surface area contributed by atoms with E-state index in [1.54, 1.807) is 29.2 Å². The van der Waals surface area contributed by atoms with Gasteiger partial charge >= 0.3 is 0 Å². The maximum absolute atomic E-state index is 11.5. The van der Waals surface area contributed by atoms with Crippen molar-refractivity contribution in [3.63, 3.8) is 0 Å². The molecule has 116 valence electrons. The predicted octanol–water partition coefficient (Wildman–Crippen LogP) is 3.57. The van der Waals surface area contributed by atoms with E-state index in [0.29, 0.717) is 19.7 Å². The van der Waals surface area contributed by atoms with E-state index in [1.165, 1.54) is 5.56 Å². The van der Waals surface area contributed by atoms with Crippen molar-refractivity contribution in [1.82, 2.24) is 9.88 Å². The average Bonchev–Trinajstić information content (AvgIpc) is 2.94. The van der Waals surface area contributed by atoms with Crippen LogP contribution in [-0.2, 0) is 17.9 Å². The van der Waals surface area contributed by atoms with Crippen LogP contribution in [0.2, 0.25) is 0 Å². The average molecular weight is 316 g/mol. The number of amides is 1. The van der Waals surface area contributed by atoms with Gasteiger partial charge in [0.15, 0.2) is 0 Å². The Bertz CT molecular complexity index is 634. The number of hydrogen-bond acceptors (Lipinski definition) is 4. The van der Waals surface area contributed by atoms with Crippen molar-refractivity contribution in [1.29, 1.82) is 0 Å². The van der Waals surface area contributed by atoms with Crippen LogP contribution in [0.3, 0.4) is 0 Å². The molecule has 0 spiro atoms. The van der Waals surface area contributed by atoms with Crippen molar-refractivity contribution in [3.05, 3.63) is 58.6 Å². The van der Waals surface area contributed by atoms with Gasteiger partial charge in [-0.3, -0.25) is 4.79 Å². The van der Waals surface area contributed by atoms with E-state index in [9.17, 15) is 4.79 Å². The fraction of sp³-hybridized carbons (Fsp3) is 0.294. The molecule has 0 fully saturated rings. The molecular weight excluding hydrogens is 296 g/mol. The molecule has 0 aliphatic heterocycles. The van der Waals surface area contributed by atoms with Crippen molar-refractivity contribution in [2.24, 2.45) is 0 Å². The summed E-state index contributed by atoms with van der Waals surface area (Å²) in [5.74, 6) is 0.852. The van der Waals surface area contributed by atoms with Gasteiger partial charge in [-0.05, 0) is 19.1 Å². The number of carbonyl (C=O) groups is 1. The fourth-order valence-corrected chi connectivity index (χ4v) is 2.62. The minimum absolute atomic E-state index is 0.0188. The van der Waals surface area contributed by atoms with Gasteiger partial charge in [-0.2, -0.15) is 0 Å². The molecule has 0 N–H and O–H groups in total. The van der Waals surface area contributed by atoms with Crippen molar-refractivity contribution < 1.29 is 9.53 Å². The molecule has 0 bridgehead atoms. The largest absolute Gasteiger partial charge is 0.486 e. The smallest absolute Gasteiger partial charge is 0.220 e. The summed E-state index contributed by atoms with van der Waals surface area (Å²) < 4.78 is 5.71. The van der Waals surface area contributed by atoms with Gasteiger partial charge in [0, 0.05) is 18.8 Å². The second-order valence-electron chi connectivity index (χ2n) is 5.02. The quantitative estimate of drug-likeness (QED) is 0.733. The van der Waals surface area contributed by atoms with E-state index in [2.05, 4.69) is 11.6 Å². The predicted molar refractivity (Wildman–Crippen MR) is 88.9 cm³/mol. The minimum atomic E-state index is 0.0188. The monoisotopic (exact) mass is 316 g/mol. The van der Waals surface area contributed by atoms with Crippen LogP contribution in [0.15, 0.2) is 42.3 Å². The van der Waals surface area contributed by atoms with Gasteiger partial charge in [0.2, 0.25) is 5.91 Å². The minimum Gasteiger partial charge on any atom is -0.486 e. The molecule has 0 aliphatic carbocycles. The normalized spacial score (nSPS) is 10.3. The standard InChI is InChI=1S/C17H20N2O2S/c1-4-9-19(14(3)20)10-15-12-22-17(18-15)11-21-16-7-5-13(2)6-8-16/h4-8,12H,1,9-11H2,2-3H3. The Hall–Kier alpha value is -2.14. The summed E-state index contributed by atoms with van der Waals surface area (Å²) in [6.07, 6.45) is 1.72. The van der Waals surface area contributed by atoms with Crippen molar-refractivity contribution in [2.45, 2.75) is 27.0 Å². The maximum Gasteiger partial charge on any atom is 0.220 e. The number of carbonyl (C=O) groups excluding carboxylic acids is 1. The van der Waals surface area contributed by atoms with Crippen LogP contribution >= 0.6 is 11.3 Å². The lowest BCUT2D eigenvalue weighted by atomic mass is 10.2. The Labute approximate surface area is 135 Å². The van der Waals surface area contributed by atoms with E-state index in [1.807, 2.05) is 36.6 Å². The summed E-state index contributed by atoms with van der Waals surface area (Å²) in [6.45, 7) is 8.73. The molecule has 0 atom stereocenters. The highest BCUT2D eigenvalue weighted by molar-refractivity contribution is 7.09.